The molecular formula is C6H8O4. The second-order valence-electron chi connectivity index (χ2n) is 2.25. The largest absolute Gasteiger partial charge is 0.382 e. The highest BCUT2D eigenvalue weighted by atomic mass is 16.5. The van der Waals surface area contributed by atoms with Crippen LogP contribution in [0, 0.1) is 0 Å². The van der Waals surface area contributed by atoms with Gasteiger partial charge in [0.25, 0.3) is 0 Å². The summed E-state index contributed by atoms with van der Waals surface area (Å²) in [5.74, 6) is -1.38. The van der Waals surface area contributed by atoms with Crippen LogP contribution in [-0.4, -0.2) is 35.5 Å². The lowest BCUT2D eigenvalue weighted by molar-refractivity contribution is -0.158. The van der Waals surface area contributed by atoms with Gasteiger partial charge in [-0.2, -0.15) is 0 Å². The van der Waals surface area contributed by atoms with Crippen LogP contribution in [0.5, 0.6) is 0 Å². The Kier molecular flexibility index (Phi) is 1.82. The molecule has 1 saturated heterocycles. The van der Waals surface area contributed by atoms with Gasteiger partial charge in [-0.05, 0) is 6.92 Å². The van der Waals surface area contributed by atoms with Crippen LogP contribution in [0.15, 0.2) is 0 Å². The number of aliphatic hydroxyl groups is 1. The van der Waals surface area contributed by atoms with Gasteiger partial charge in [-0.25, -0.2) is 0 Å². The molecule has 4 nitrogen and oxygen atoms in total. The number of hydrogen-bond acceptors (Lipinski definition) is 4. The van der Waals surface area contributed by atoms with Crippen molar-refractivity contribution in [2.75, 3.05) is 6.61 Å². The second-order valence-corrected chi connectivity index (χ2v) is 2.25. The van der Waals surface area contributed by atoms with Crippen molar-refractivity contribution in [2.45, 2.75) is 19.1 Å². The summed E-state index contributed by atoms with van der Waals surface area (Å²) in [6.45, 7) is 1.35. The van der Waals surface area contributed by atoms with Gasteiger partial charge in [0.15, 0.2) is 0 Å². The second kappa shape index (κ2) is 2.48. The number of aliphatic hydroxyl groups excluding tert-OH is 1. The molecule has 1 N–H and O–H groups in total. The van der Waals surface area contributed by atoms with Gasteiger partial charge in [-0.1, -0.05) is 0 Å². The third kappa shape index (κ3) is 1.08. The minimum atomic E-state index is -1.26. The third-order valence-corrected chi connectivity index (χ3v) is 1.47. The minimum absolute atomic E-state index is 0.197. The molecular weight excluding hydrogens is 136 g/mol. The van der Waals surface area contributed by atoms with Crippen LogP contribution in [0.4, 0.5) is 0 Å². The molecule has 56 valence electrons. The zero-order chi connectivity index (χ0) is 7.72. The molecule has 1 fully saturated rings. The highest BCUT2D eigenvalue weighted by Crippen LogP contribution is 2.06. The normalized spacial score (nSPS) is 34.6. The minimum Gasteiger partial charge on any atom is -0.382 e. The van der Waals surface area contributed by atoms with E-state index >= 15 is 0 Å². The fourth-order valence-electron chi connectivity index (χ4n) is 0.748. The molecule has 0 saturated carbocycles. The Morgan fingerprint density at radius 3 is 2.70 bits per heavy atom. The average Bonchev–Trinajstić information content (AvgIpc) is 1.93. The number of carbonyl (C=O) groups is 2. The van der Waals surface area contributed by atoms with E-state index in [0.29, 0.717) is 0 Å². The molecule has 1 aliphatic heterocycles. The topological polar surface area (TPSA) is 63.6 Å². The monoisotopic (exact) mass is 144 g/mol. The first-order valence-corrected chi connectivity index (χ1v) is 2.99. The van der Waals surface area contributed by atoms with E-state index in [1.54, 1.807) is 6.92 Å². The molecule has 1 aliphatic rings. The predicted octanol–water partition coefficient (Wildman–Crippen LogP) is -1.10. The van der Waals surface area contributed by atoms with Crippen LogP contribution >= 0.6 is 0 Å². The highest BCUT2D eigenvalue weighted by molar-refractivity contribution is 6.40. The molecule has 10 heavy (non-hydrogen) atoms. The fraction of sp³-hybridized carbons (Fsp3) is 0.667. The van der Waals surface area contributed by atoms with Crippen LogP contribution in [0.3, 0.4) is 0 Å². The molecule has 2 atom stereocenters. The fourth-order valence-corrected chi connectivity index (χ4v) is 0.748. The van der Waals surface area contributed by atoms with E-state index in [2.05, 4.69) is 0 Å². The molecule has 1 heterocycles. The van der Waals surface area contributed by atoms with Gasteiger partial charge in [-0.15, -0.1) is 0 Å². The quantitative estimate of drug-likeness (QED) is 0.438. The number of rotatable bonds is 0. The van der Waals surface area contributed by atoms with Gasteiger partial charge in [-0.3, -0.25) is 9.59 Å². The van der Waals surface area contributed by atoms with Gasteiger partial charge in [0.1, 0.15) is 12.7 Å². The summed E-state index contributed by atoms with van der Waals surface area (Å²) >= 11 is 0. The first kappa shape index (κ1) is 7.37. The van der Waals surface area contributed by atoms with Crippen molar-refractivity contribution in [1.82, 2.24) is 0 Å². The van der Waals surface area contributed by atoms with E-state index in [4.69, 9.17) is 9.84 Å². The number of hydrogen-bond donors (Lipinski definition) is 1. The van der Waals surface area contributed by atoms with Crippen LogP contribution in [0.25, 0.3) is 0 Å². The first-order valence-electron chi connectivity index (χ1n) is 2.99. The third-order valence-electron chi connectivity index (χ3n) is 1.47. The number of ether oxygens (including phenoxy) is 1. The number of ketones is 2. The molecule has 4 heteroatoms. The van der Waals surface area contributed by atoms with Gasteiger partial charge >= 0.3 is 0 Å². The van der Waals surface area contributed by atoms with Crippen molar-refractivity contribution in [3.63, 3.8) is 0 Å². The molecule has 0 aromatic heterocycles. The predicted molar refractivity (Wildman–Crippen MR) is 31.4 cm³/mol. The van der Waals surface area contributed by atoms with Crippen LogP contribution in [0.2, 0.25) is 0 Å². The lowest BCUT2D eigenvalue weighted by atomic mass is 10.1. The Bertz CT molecular complexity index is 175. The molecule has 0 amide bonds. The van der Waals surface area contributed by atoms with E-state index in [-0.39, 0.29) is 6.61 Å². The van der Waals surface area contributed by atoms with E-state index in [9.17, 15) is 9.59 Å². The van der Waals surface area contributed by atoms with Crippen molar-refractivity contribution >= 4 is 11.6 Å². The molecule has 1 rings (SSSR count). The first-order chi connectivity index (χ1) is 4.63. The van der Waals surface area contributed by atoms with Gasteiger partial charge < -0.3 is 9.84 Å². The Morgan fingerprint density at radius 1 is 1.60 bits per heavy atom. The van der Waals surface area contributed by atoms with Crippen molar-refractivity contribution in [3.8, 4) is 0 Å². The van der Waals surface area contributed by atoms with Crippen LogP contribution in [0.1, 0.15) is 6.92 Å². The number of carbonyl (C=O) groups excluding carboxylic acids is 2. The summed E-state index contributed by atoms with van der Waals surface area (Å²) in [6.07, 6.45) is -1.81. The van der Waals surface area contributed by atoms with Crippen molar-refractivity contribution in [2.24, 2.45) is 0 Å². The molecule has 0 radical (unpaired) electrons. The van der Waals surface area contributed by atoms with Gasteiger partial charge in [0.2, 0.25) is 11.6 Å². The maximum absolute atomic E-state index is 10.7. The Hall–Kier alpha value is -0.740. The Labute approximate surface area is 57.8 Å². The Balaban J connectivity index is 2.70. The van der Waals surface area contributed by atoms with Gasteiger partial charge in [0.05, 0.1) is 6.10 Å². The summed E-state index contributed by atoms with van der Waals surface area (Å²) < 4.78 is 4.75. The van der Waals surface area contributed by atoms with Crippen molar-refractivity contribution in [1.29, 1.82) is 0 Å². The van der Waals surface area contributed by atoms with Crippen LogP contribution < -0.4 is 0 Å². The summed E-state index contributed by atoms with van der Waals surface area (Å²) in [7, 11) is 0. The van der Waals surface area contributed by atoms with Crippen LogP contribution in [-0.2, 0) is 14.3 Å². The lowest BCUT2D eigenvalue weighted by Gasteiger charge is -2.21. The van der Waals surface area contributed by atoms with Crippen molar-refractivity contribution in [3.05, 3.63) is 0 Å². The zero-order valence-electron chi connectivity index (χ0n) is 5.53. The molecule has 0 spiro atoms. The summed E-state index contributed by atoms with van der Waals surface area (Å²) in [5.41, 5.74) is 0. The molecule has 0 unspecified atom stereocenters. The van der Waals surface area contributed by atoms with Gasteiger partial charge in [0, 0.05) is 0 Å². The molecule has 0 aromatic carbocycles. The SMILES string of the molecule is C[C@H]1OCC(=O)C(=O)[C@@H]1O. The standard InChI is InChI=1S/C6H8O4/c1-3-5(8)6(9)4(7)2-10-3/h3,5,8H,2H2,1H3/t3-,5-/m1/s1. The maximum Gasteiger partial charge on any atom is 0.231 e. The number of Topliss-reactive ketones (excluding diaryl/α,β-unsaturated/α-hetero) is 2. The Morgan fingerprint density at radius 2 is 2.20 bits per heavy atom. The molecule has 0 aliphatic carbocycles. The summed E-state index contributed by atoms with van der Waals surface area (Å²) in [4.78, 5) is 21.2. The summed E-state index contributed by atoms with van der Waals surface area (Å²) in [5, 5.41) is 8.92. The average molecular weight is 144 g/mol. The molecule has 0 bridgehead atoms. The van der Waals surface area contributed by atoms with E-state index in [0.717, 1.165) is 0 Å². The smallest absolute Gasteiger partial charge is 0.231 e. The summed E-state index contributed by atoms with van der Waals surface area (Å²) in [6, 6.07) is 0. The van der Waals surface area contributed by atoms with E-state index < -0.39 is 23.8 Å². The van der Waals surface area contributed by atoms with Crippen molar-refractivity contribution < 1.29 is 19.4 Å². The van der Waals surface area contributed by atoms with E-state index in [1.165, 1.54) is 0 Å². The maximum atomic E-state index is 10.7. The molecule has 0 aromatic rings. The highest BCUT2D eigenvalue weighted by Gasteiger charge is 2.33. The van der Waals surface area contributed by atoms with E-state index in [1.807, 2.05) is 0 Å². The zero-order valence-corrected chi connectivity index (χ0v) is 5.53. The lowest BCUT2D eigenvalue weighted by Crippen LogP contribution is -2.45.